The van der Waals surface area contributed by atoms with Crippen LogP contribution in [0.3, 0.4) is 0 Å². The Morgan fingerprint density at radius 3 is 1.91 bits per heavy atom. The first-order chi connectivity index (χ1) is 20.0. The molecule has 5 rings (SSSR count). The second-order valence-corrected chi connectivity index (χ2v) is 10.7. The molecular weight excluding hydrogens is 643 g/mol. The standard InChI is InChI=1S/C34H34N4O4.In.3H/c1-7-21-17(3)25-13-26-19(5)23(9-11-33(39)40)31(37-26)16-32-24(10-12-34(41)42)20(6)28(38-32)15-30-22(8-2)18(4)27(36-30)14-29(21)35-25;;;;/h7-8,13-16,35,38H,1-2,9-12H2,3-6H3,(H,39,40)(H,41,42);;;;. The second kappa shape index (κ2) is 12.6. The number of aromatic nitrogens is 4. The van der Waals surface area contributed by atoms with Gasteiger partial charge in [0.15, 0.2) is 0 Å². The van der Waals surface area contributed by atoms with E-state index in [1.807, 2.05) is 58.0 Å². The third kappa shape index (κ3) is 6.04. The van der Waals surface area contributed by atoms with Gasteiger partial charge in [-0.25, -0.2) is 9.97 Å². The number of H-pyrrole nitrogens is 2. The van der Waals surface area contributed by atoms with Crippen molar-refractivity contribution < 1.29 is 19.8 Å². The SMILES string of the molecule is C=CC1=C(C)c2cc3[nH]c(cc4nc(cc5[nH]c(cc1n2)c(C)c5CCC(=O)O)C(CCC(=O)O)=C4C)c(C)c3C=C.[InH3]. The summed E-state index contributed by atoms with van der Waals surface area (Å²) in [5.74, 6) is -1.76. The molecule has 4 N–H and O–H groups in total. The summed E-state index contributed by atoms with van der Waals surface area (Å²) < 4.78 is 0. The predicted octanol–water partition coefficient (Wildman–Crippen LogP) is 6.32. The Morgan fingerprint density at radius 2 is 1.26 bits per heavy atom. The molecule has 0 saturated heterocycles. The number of carboxylic acid groups (broad SMARTS) is 2. The van der Waals surface area contributed by atoms with E-state index in [0.717, 1.165) is 83.7 Å². The Morgan fingerprint density at radius 1 is 0.721 bits per heavy atom. The summed E-state index contributed by atoms with van der Waals surface area (Å²) in [7, 11) is 0. The Hall–Kier alpha value is -4.11. The molecule has 8 nitrogen and oxygen atoms in total. The molecule has 3 aromatic heterocycles. The third-order valence-corrected chi connectivity index (χ3v) is 8.22. The van der Waals surface area contributed by atoms with Crippen LogP contribution in [0.5, 0.6) is 0 Å². The number of carboxylic acids is 2. The summed E-state index contributed by atoms with van der Waals surface area (Å²) in [6.45, 7) is 16.0. The van der Waals surface area contributed by atoms with Crippen LogP contribution in [0, 0.1) is 13.8 Å². The molecule has 0 unspecified atom stereocenters. The van der Waals surface area contributed by atoms with Gasteiger partial charge >= 0.3 is 37.8 Å². The second-order valence-electron chi connectivity index (χ2n) is 10.7. The van der Waals surface area contributed by atoms with Crippen molar-refractivity contribution in [2.75, 3.05) is 0 Å². The monoisotopic (exact) mass is 680 g/mol. The first-order valence-electron chi connectivity index (χ1n) is 13.9. The van der Waals surface area contributed by atoms with Crippen LogP contribution in [0.2, 0.25) is 0 Å². The summed E-state index contributed by atoms with van der Waals surface area (Å²) in [4.78, 5) is 40.0. The maximum absolute atomic E-state index is 11.5. The Bertz CT molecular complexity index is 1920. The van der Waals surface area contributed by atoms with Gasteiger partial charge in [0.05, 0.1) is 22.8 Å². The molecular formula is C34H37InN4O4. The topological polar surface area (TPSA) is 132 Å². The Labute approximate surface area is 268 Å². The van der Waals surface area contributed by atoms with E-state index in [4.69, 9.17) is 9.97 Å². The average Bonchev–Trinajstić information content (AvgIpc) is 3.59. The summed E-state index contributed by atoms with van der Waals surface area (Å²) in [6, 6.07) is 7.88. The molecule has 0 amide bonds. The molecule has 0 atom stereocenters. The molecule has 8 bridgehead atoms. The van der Waals surface area contributed by atoms with E-state index in [0.29, 0.717) is 18.5 Å². The van der Waals surface area contributed by atoms with Crippen LogP contribution >= 0.6 is 0 Å². The maximum atomic E-state index is 11.5. The predicted molar refractivity (Wildman–Crippen MR) is 179 cm³/mol. The molecule has 0 saturated carbocycles. The van der Waals surface area contributed by atoms with E-state index in [2.05, 4.69) is 23.1 Å². The quantitative estimate of drug-likeness (QED) is 0.220. The van der Waals surface area contributed by atoms with Gasteiger partial charge in [-0.1, -0.05) is 25.3 Å². The summed E-state index contributed by atoms with van der Waals surface area (Å²) >= 11 is 0. The zero-order valence-electron chi connectivity index (χ0n) is 24.3. The molecule has 0 spiro atoms. The molecule has 9 heteroatoms. The van der Waals surface area contributed by atoms with Crippen LogP contribution in [-0.4, -0.2) is 67.9 Å². The zero-order valence-corrected chi connectivity index (χ0v) is 24.3. The van der Waals surface area contributed by atoms with E-state index < -0.39 is 11.9 Å². The van der Waals surface area contributed by atoms with Crippen molar-refractivity contribution in [2.45, 2.75) is 53.4 Å². The van der Waals surface area contributed by atoms with Crippen molar-refractivity contribution in [1.29, 1.82) is 0 Å². The van der Waals surface area contributed by atoms with E-state index in [9.17, 15) is 19.8 Å². The molecule has 0 aliphatic carbocycles. The van der Waals surface area contributed by atoms with Crippen LogP contribution in [-0.2, 0) is 16.0 Å². The van der Waals surface area contributed by atoms with Gasteiger partial charge in [-0.15, -0.1) is 0 Å². The first kappa shape index (κ1) is 31.8. The number of rotatable bonds is 8. The van der Waals surface area contributed by atoms with Crippen LogP contribution < -0.4 is 0 Å². The van der Waals surface area contributed by atoms with Crippen LogP contribution in [0.1, 0.15) is 78.1 Å². The van der Waals surface area contributed by atoms with Crippen molar-refractivity contribution in [2.24, 2.45) is 0 Å². The molecule has 3 aromatic rings. The van der Waals surface area contributed by atoms with E-state index in [1.54, 1.807) is 6.08 Å². The number of aryl methyl sites for hydroxylation is 3. The molecule has 43 heavy (non-hydrogen) atoms. The fourth-order valence-corrected chi connectivity index (χ4v) is 5.77. The van der Waals surface area contributed by atoms with Crippen LogP contribution in [0.25, 0.3) is 50.4 Å². The summed E-state index contributed by atoms with van der Waals surface area (Å²) in [5, 5.41) is 18.9. The Kier molecular flexibility index (Phi) is 9.35. The van der Waals surface area contributed by atoms with Gasteiger partial charge in [0.1, 0.15) is 0 Å². The van der Waals surface area contributed by atoms with Crippen molar-refractivity contribution in [3.8, 4) is 0 Å². The molecule has 5 heterocycles. The van der Waals surface area contributed by atoms with E-state index >= 15 is 0 Å². The number of aliphatic carboxylic acids is 2. The average molecular weight is 681 g/mol. The van der Waals surface area contributed by atoms with Crippen molar-refractivity contribution >= 4 is 88.2 Å². The first-order valence-corrected chi connectivity index (χ1v) is 13.9. The molecule has 0 fully saturated rings. The molecule has 220 valence electrons. The van der Waals surface area contributed by atoms with E-state index in [1.165, 1.54) is 0 Å². The summed E-state index contributed by atoms with van der Waals surface area (Å²) in [6.07, 6.45) is 4.22. The third-order valence-electron chi connectivity index (χ3n) is 8.22. The molecule has 0 radical (unpaired) electrons. The van der Waals surface area contributed by atoms with Gasteiger partial charge < -0.3 is 20.2 Å². The van der Waals surface area contributed by atoms with Crippen molar-refractivity contribution in [3.05, 3.63) is 88.5 Å². The normalized spacial score (nSPS) is 12.7. The van der Waals surface area contributed by atoms with E-state index in [-0.39, 0.29) is 38.7 Å². The summed E-state index contributed by atoms with van der Waals surface area (Å²) in [5.41, 5.74) is 13.7. The number of aromatic amines is 2. The van der Waals surface area contributed by atoms with Crippen LogP contribution in [0.15, 0.2) is 43.5 Å². The van der Waals surface area contributed by atoms with Crippen molar-refractivity contribution in [1.82, 2.24) is 19.9 Å². The number of hydrogen-bond acceptors (Lipinski definition) is 4. The van der Waals surface area contributed by atoms with Gasteiger partial charge in [0, 0.05) is 46.0 Å². The van der Waals surface area contributed by atoms with Gasteiger partial charge in [-0.2, -0.15) is 0 Å². The Balaban J connectivity index is 0.00000423. The number of nitrogens with one attached hydrogen (secondary N) is 2. The van der Waals surface area contributed by atoms with Gasteiger partial charge in [-0.3, -0.25) is 9.59 Å². The van der Waals surface area contributed by atoms with Gasteiger partial charge in [0.25, 0.3) is 0 Å². The molecule has 0 aromatic carbocycles. The van der Waals surface area contributed by atoms with Gasteiger partial charge in [-0.05, 0) is 98.2 Å². The van der Waals surface area contributed by atoms with Crippen LogP contribution in [0.4, 0.5) is 0 Å². The number of nitrogens with zero attached hydrogens (tertiary/aromatic N) is 2. The van der Waals surface area contributed by atoms with Crippen molar-refractivity contribution in [3.63, 3.8) is 0 Å². The fraction of sp³-hybridized carbons (Fsp3) is 0.235. The molecule has 2 aliphatic rings. The fourth-order valence-electron chi connectivity index (χ4n) is 5.77. The number of hydrogen-bond donors (Lipinski definition) is 4. The minimum atomic E-state index is -0.883. The zero-order chi connectivity index (χ0) is 30.3. The minimum absolute atomic E-state index is 0. The number of carbonyl (C=O) groups is 2. The number of allylic oxidation sites excluding steroid dienone is 5. The number of fused-ring (bicyclic) bond motifs is 8. The molecule has 2 aliphatic heterocycles. The van der Waals surface area contributed by atoms with Gasteiger partial charge in [0.2, 0.25) is 0 Å².